The molecule has 1 aliphatic heterocycles. The summed E-state index contributed by atoms with van der Waals surface area (Å²) in [6, 6.07) is 8.85. The van der Waals surface area contributed by atoms with Gasteiger partial charge in [-0.25, -0.2) is 0 Å². The van der Waals surface area contributed by atoms with E-state index in [1.165, 1.54) is 13.5 Å². The molecule has 1 amide bonds. The molecule has 0 atom stereocenters. The first kappa shape index (κ1) is 21.6. The van der Waals surface area contributed by atoms with Gasteiger partial charge in [0, 0.05) is 17.7 Å². The van der Waals surface area contributed by atoms with Crippen molar-refractivity contribution < 1.29 is 28.9 Å². The van der Waals surface area contributed by atoms with Crippen LogP contribution < -0.4 is 14.8 Å². The van der Waals surface area contributed by atoms with Gasteiger partial charge in [-0.15, -0.1) is 0 Å². The minimum atomic E-state index is -0.673. The van der Waals surface area contributed by atoms with Crippen LogP contribution >= 0.6 is 0 Å². The lowest BCUT2D eigenvalue weighted by Crippen LogP contribution is -2.45. The number of fused-ring (bicyclic) bond motifs is 1. The lowest BCUT2D eigenvalue weighted by molar-refractivity contribution is -0.166. The van der Waals surface area contributed by atoms with E-state index < -0.39 is 5.41 Å². The lowest BCUT2D eigenvalue weighted by Gasteiger charge is -2.39. The summed E-state index contributed by atoms with van der Waals surface area (Å²) >= 11 is 0. The summed E-state index contributed by atoms with van der Waals surface area (Å²) in [5.74, 6) is 0.705. The van der Waals surface area contributed by atoms with Crippen molar-refractivity contribution in [2.24, 2.45) is 11.3 Å². The van der Waals surface area contributed by atoms with Crippen molar-refractivity contribution in [1.29, 1.82) is 0 Å². The highest BCUT2D eigenvalue weighted by Crippen LogP contribution is 2.48. The fourth-order valence-corrected chi connectivity index (χ4v) is 4.84. The van der Waals surface area contributed by atoms with Crippen molar-refractivity contribution in [3.05, 3.63) is 41.5 Å². The van der Waals surface area contributed by atoms with Gasteiger partial charge in [0.1, 0.15) is 12.0 Å². The minimum absolute atomic E-state index is 0.0479. The second-order valence-electron chi connectivity index (χ2n) is 9.33. The van der Waals surface area contributed by atoms with E-state index in [-0.39, 0.29) is 30.0 Å². The first-order chi connectivity index (χ1) is 16.0. The molecule has 33 heavy (non-hydrogen) atoms. The van der Waals surface area contributed by atoms with Gasteiger partial charge in [-0.1, -0.05) is 25.0 Å². The fraction of sp³-hybridized carbons (Fsp3) is 0.462. The van der Waals surface area contributed by atoms with E-state index >= 15 is 0 Å². The summed E-state index contributed by atoms with van der Waals surface area (Å²) in [5, 5.41) is 13.3. The summed E-state index contributed by atoms with van der Waals surface area (Å²) in [6.45, 7) is 1.05. The quantitative estimate of drug-likeness (QED) is 0.584. The van der Waals surface area contributed by atoms with E-state index in [4.69, 9.17) is 14.2 Å². The molecule has 0 aromatic heterocycles. The molecule has 0 unspecified atom stereocenters. The molecule has 0 saturated heterocycles. The highest BCUT2D eigenvalue weighted by molar-refractivity contribution is 6.01. The van der Waals surface area contributed by atoms with Crippen LogP contribution in [0.2, 0.25) is 0 Å². The third kappa shape index (κ3) is 3.79. The molecule has 174 valence electrons. The van der Waals surface area contributed by atoms with Crippen molar-refractivity contribution in [1.82, 2.24) is 5.32 Å². The van der Waals surface area contributed by atoms with Crippen LogP contribution in [-0.4, -0.2) is 37.3 Å². The number of amides is 1. The molecule has 0 radical (unpaired) electrons. The van der Waals surface area contributed by atoms with E-state index in [0.717, 1.165) is 30.4 Å². The molecule has 2 aromatic rings. The smallest absolute Gasteiger partial charge is 0.315 e. The Balaban J connectivity index is 1.44. The molecule has 2 saturated carbocycles. The van der Waals surface area contributed by atoms with Gasteiger partial charge in [0.2, 0.25) is 5.75 Å². The zero-order valence-electron chi connectivity index (χ0n) is 18.8. The number of esters is 1. The molecule has 0 spiro atoms. The maximum atomic E-state index is 13.0. The van der Waals surface area contributed by atoms with E-state index in [9.17, 15) is 14.7 Å². The van der Waals surface area contributed by atoms with Crippen LogP contribution in [0.3, 0.4) is 0 Å². The molecule has 2 fully saturated rings. The van der Waals surface area contributed by atoms with Crippen molar-refractivity contribution in [3.63, 3.8) is 0 Å². The molecule has 2 N–H and O–H groups in total. The molecule has 0 bridgehead atoms. The Labute approximate surface area is 193 Å². The fourth-order valence-electron chi connectivity index (χ4n) is 4.84. The lowest BCUT2D eigenvalue weighted by atomic mass is 9.69. The summed E-state index contributed by atoms with van der Waals surface area (Å²) in [5.41, 5.74) is 2.36. The van der Waals surface area contributed by atoms with Crippen LogP contribution in [0.1, 0.15) is 54.4 Å². The Bertz CT molecular complexity index is 1090. The number of hydrogen-bond donors (Lipinski definition) is 2. The maximum Gasteiger partial charge on any atom is 0.315 e. The molecule has 3 aliphatic rings. The van der Waals surface area contributed by atoms with Crippen LogP contribution in [-0.2, 0) is 16.1 Å². The SMILES string of the molecule is COc1c(O)ccc(-c2cccc3c2CNC3=O)c1OCC1(C(=O)OCC2CCC2)CCC1. The van der Waals surface area contributed by atoms with Crippen LogP contribution in [0.15, 0.2) is 30.3 Å². The average molecular weight is 452 g/mol. The Morgan fingerprint density at radius 1 is 1.09 bits per heavy atom. The number of phenolic OH excluding ortho intramolecular Hbond substituents is 1. The van der Waals surface area contributed by atoms with Gasteiger partial charge in [0.05, 0.1) is 13.7 Å². The zero-order valence-corrected chi connectivity index (χ0v) is 18.8. The van der Waals surface area contributed by atoms with Crippen LogP contribution in [0, 0.1) is 11.3 Å². The predicted octanol–water partition coefficient (Wildman–Crippen LogP) is 4.20. The van der Waals surface area contributed by atoms with Gasteiger partial charge in [0.25, 0.3) is 5.91 Å². The highest BCUT2D eigenvalue weighted by Gasteiger charge is 2.47. The second-order valence-corrected chi connectivity index (χ2v) is 9.33. The normalized spacial score (nSPS) is 18.5. The van der Waals surface area contributed by atoms with Crippen LogP contribution in [0.5, 0.6) is 17.2 Å². The van der Waals surface area contributed by atoms with Gasteiger partial charge < -0.3 is 24.6 Å². The number of carbonyl (C=O) groups excluding carboxylic acids is 2. The summed E-state index contributed by atoms with van der Waals surface area (Å²) in [7, 11) is 1.47. The third-order valence-corrected chi connectivity index (χ3v) is 7.34. The molecule has 2 aromatic carbocycles. The van der Waals surface area contributed by atoms with Crippen molar-refractivity contribution >= 4 is 11.9 Å². The van der Waals surface area contributed by atoms with Crippen molar-refractivity contribution in [2.45, 2.75) is 45.1 Å². The molecule has 2 aliphatic carbocycles. The molecular formula is C26H29NO6. The minimum Gasteiger partial charge on any atom is -0.504 e. The largest absolute Gasteiger partial charge is 0.504 e. The van der Waals surface area contributed by atoms with Gasteiger partial charge in [-0.05, 0) is 60.9 Å². The number of carbonyl (C=O) groups is 2. The first-order valence-electron chi connectivity index (χ1n) is 11.6. The number of hydrogen-bond acceptors (Lipinski definition) is 6. The Kier molecular flexibility index (Phi) is 5.64. The second kappa shape index (κ2) is 8.61. The first-order valence-corrected chi connectivity index (χ1v) is 11.6. The van der Waals surface area contributed by atoms with Gasteiger partial charge >= 0.3 is 5.97 Å². The highest BCUT2D eigenvalue weighted by atomic mass is 16.5. The van der Waals surface area contributed by atoms with E-state index in [1.807, 2.05) is 12.1 Å². The number of phenols is 1. The standard InChI is InChI=1S/C26H29NO6/c1-31-23-21(28)10-9-18(17-7-3-8-19-20(17)13-27-24(19)29)22(23)33-15-26(11-4-12-26)25(30)32-14-16-5-2-6-16/h3,7-10,16,28H,2,4-6,11-15H2,1H3,(H,27,29). The molecule has 7 heteroatoms. The number of benzene rings is 2. The third-order valence-electron chi connectivity index (χ3n) is 7.34. The average Bonchev–Trinajstić information content (AvgIpc) is 3.13. The molecule has 1 heterocycles. The van der Waals surface area contributed by atoms with Gasteiger partial charge in [0.15, 0.2) is 11.5 Å². The van der Waals surface area contributed by atoms with Crippen molar-refractivity contribution in [2.75, 3.05) is 20.3 Å². The van der Waals surface area contributed by atoms with Crippen LogP contribution in [0.4, 0.5) is 0 Å². The summed E-state index contributed by atoms with van der Waals surface area (Å²) < 4.78 is 17.4. The van der Waals surface area contributed by atoms with Crippen molar-refractivity contribution in [3.8, 4) is 28.4 Å². The van der Waals surface area contributed by atoms with Gasteiger partial charge in [-0.2, -0.15) is 0 Å². The number of rotatable bonds is 8. The topological polar surface area (TPSA) is 94.1 Å². The van der Waals surface area contributed by atoms with Crippen LogP contribution in [0.25, 0.3) is 11.1 Å². The molecule has 5 rings (SSSR count). The Morgan fingerprint density at radius 3 is 2.55 bits per heavy atom. The summed E-state index contributed by atoms with van der Waals surface area (Å²) in [4.78, 5) is 25.1. The Hall–Kier alpha value is -3.22. The number of ether oxygens (including phenoxy) is 3. The molecular weight excluding hydrogens is 422 g/mol. The number of methoxy groups -OCH3 is 1. The van der Waals surface area contributed by atoms with E-state index in [1.54, 1.807) is 18.2 Å². The predicted molar refractivity (Wildman–Crippen MR) is 121 cm³/mol. The monoisotopic (exact) mass is 451 g/mol. The number of aromatic hydroxyl groups is 1. The number of nitrogens with one attached hydrogen (secondary N) is 1. The van der Waals surface area contributed by atoms with E-state index in [0.29, 0.717) is 48.8 Å². The van der Waals surface area contributed by atoms with Gasteiger partial charge in [-0.3, -0.25) is 9.59 Å². The van der Waals surface area contributed by atoms with E-state index in [2.05, 4.69) is 5.32 Å². The summed E-state index contributed by atoms with van der Waals surface area (Å²) in [6.07, 6.45) is 5.84. The Morgan fingerprint density at radius 2 is 1.88 bits per heavy atom. The zero-order chi connectivity index (χ0) is 23.0. The maximum absolute atomic E-state index is 13.0. The molecule has 7 nitrogen and oxygen atoms in total.